The molecule has 0 aliphatic rings. The molecule has 102 valence electrons. The van der Waals surface area contributed by atoms with Crippen LogP contribution >= 0.6 is 16.1 Å². The maximum Gasteiger partial charge on any atom is 0.198 e. The molecule has 0 aliphatic heterocycles. The quantitative estimate of drug-likeness (QED) is 0.257. The van der Waals surface area contributed by atoms with Crippen molar-refractivity contribution in [3.05, 3.63) is 0 Å². The maximum absolute atomic E-state index is 7.18. The van der Waals surface area contributed by atoms with Gasteiger partial charge in [-0.15, -0.1) is 0 Å². The van der Waals surface area contributed by atoms with Crippen molar-refractivity contribution in [1.82, 2.24) is 3.93 Å². The molecule has 4 heteroatoms. The van der Waals surface area contributed by atoms with Crippen molar-refractivity contribution in [3.63, 3.8) is 0 Å². The Hall–Kier alpha value is -0.250. The van der Waals surface area contributed by atoms with E-state index >= 15 is 0 Å². The molecule has 0 aliphatic carbocycles. The molecule has 0 aromatic rings. The lowest BCUT2D eigenvalue weighted by atomic mass is 10.1. The van der Waals surface area contributed by atoms with Gasteiger partial charge in [0, 0.05) is 6.54 Å². The van der Waals surface area contributed by atoms with Gasteiger partial charge in [-0.25, -0.2) is 0 Å². The van der Waals surface area contributed by atoms with Crippen LogP contribution in [-0.2, 0) is 0 Å². The number of rotatable bonds is 11. The van der Waals surface area contributed by atoms with Crippen molar-refractivity contribution >= 4 is 22.1 Å². The van der Waals surface area contributed by atoms with E-state index in [1.165, 1.54) is 57.8 Å². The first-order valence-corrected chi connectivity index (χ1v) is 7.66. The number of guanidine groups is 1. The second kappa shape index (κ2) is 12.2. The summed E-state index contributed by atoms with van der Waals surface area (Å²) in [6.07, 6.45) is 13.4. The van der Waals surface area contributed by atoms with Crippen LogP contribution in [0.25, 0.3) is 0 Å². The van der Waals surface area contributed by atoms with E-state index in [1.807, 2.05) is 0 Å². The topological polar surface area (TPSA) is 53.1 Å². The minimum atomic E-state index is 0.0981. The van der Waals surface area contributed by atoms with Crippen molar-refractivity contribution in [2.75, 3.05) is 6.54 Å². The van der Waals surface area contributed by atoms with Gasteiger partial charge in [0.05, 0.1) is 16.1 Å². The molecule has 0 rings (SSSR count). The van der Waals surface area contributed by atoms with Crippen LogP contribution in [0.4, 0.5) is 0 Å². The van der Waals surface area contributed by atoms with Crippen LogP contribution in [0.1, 0.15) is 71.1 Å². The van der Waals surface area contributed by atoms with Gasteiger partial charge in [0.1, 0.15) is 0 Å². The van der Waals surface area contributed by atoms with Gasteiger partial charge in [-0.3, -0.25) is 9.34 Å². The molecule has 0 amide bonds. The van der Waals surface area contributed by atoms with E-state index in [-0.39, 0.29) is 5.96 Å². The molecule has 0 fully saturated rings. The molecule has 0 saturated carbocycles. The van der Waals surface area contributed by atoms with E-state index in [0.717, 1.165) is 13.0 Å². The predicted molar refractivity (Wildman–Crippen MR) is 79.4 cm³/mol. The number of hydrogen-bond acceptors (Lipinski definition) is 1. The fourth-order valence-electron chi connectivity index (χ4n) is 1.86. The average molecular weight is 306 g/mol. The van der Waals surface area contributed by atoms with Crippen molar-refractivity contribution in [1.29, 1.82) is 5.41 Å². The lowest BCUT2D eigenvalue weighted by Crippen LogP contribution is -2.28. The lowest BCUT2D eigenvalue weighted by molar-refractivity contribution is 0.536. The first-order valence-electron chi connectivity index (χ1n) is 6.95. The summed E-state index contributed by atoms with van der Waals surface area (Å²) in [4.78, 5) is 0. The van der Waals surface area contributed by atoms with E-state index in [2.05, 4.69) is 23.1 Å². The lowest BCUT2D eigenvalue weighted by Gasteiger charge is -2.12. The van der Waals surface area contributed by atoms with E-state index < -0.39 is 0 Å². The van der Waals surface area contributed by atoms with Gasteiger partial charge in [0.25, 0.3) is 0 Å². The predicted octanol–water partition coefficient (Wildman–Crippen LogP) is 4.41. The van der Waals surface area contributed by atoms with E-state index in [1.54, 1.807) is 3.93 Å². The highest BCUT2D eigenvalue weighted by Gasteiger charge is 2.00. The van der Waals surface area contributed by atoms with Crippen molar-refractivity contribution < 1.29 is 0 Å². The molecular formula is C13H28BrN3. The van der Waals surface area contributed by atoms with Gasteiger partial charge in [0.15, 0.2) is 5.96 Å². The van der Waals surface area contributed by atoms with Crippen LogP contribution in [0.2, 0.25) is 0 Å². The molecule has 0 aromatic heterocycles. The molecule has 0 aromatic carbocycles. The van der Waals surface area contributed by atoms with E-state index in [0.29, 0.717) is 0 Å². The molecule has 3 nitrogen and oxygen atoms in total. The summed E-state index contributed by atoms with van der Waals surface area (Å²) >= 11 is 3.24. The Labute approximate surface area is 115 Å². The molecule has 0 bridgehead atoms. The summed E-state index contributed by atoms with van der Waals surface area (Å²) in [6.45, 7) is 3.10. The first-order chi connectivity index (χ1) is 8.18. The molecule has 0 saturated heterocycles. The average Bonchev–Trinajstić information content (AvgIpc) is 2.31. The maximum atomic E-state index is 7.18. The van der Waals surface area contributed by atoms with E-state index in [9.17, 15) is 0 Å². The van der Waals surface area contributed by atoms with Crippen molar-refractivity contribution in [2.45, 2.75) is 71.1 Å². The minimum absolute atomic E-state index is 0.0981. The SMILES string of the molecule is CCCCCCCCCCCCN(Br)C(=N)N. The van der Waals surface area contributed by atoms with Gasteiger partial charge < -0.3 is 5.73 Å². The van der Waals surface area contributed by atoms with Gasteiger partial charge in [-0.05, 0) is 6.42 Å². The number of nitrogens with one attached hydrogen (secondary N) is 1. The van der Waals surface area contributed by atoms with Gasteiger partial charge >= 0.3 is 0 Å². The molecule has 0 atom stereocenters. The highest BCUT2D eigenvalue weighted by Crippen LogP contribution is 2.11. The molecule has 0 unspecified atom stereocenters. The Morgan fingerprint density at radius 3 is 1.76 bits per heavy atom. The van der Waals surface area contributed by atoms with Crippen LogP contribution in [0.15, 0.2) is 0 Å². The zero-order chi connectivity index (χ0) is 12.9. The minimum Gasteiger partial charge on any atom is -0.369 e. The molecule has 0 radical (unpaired) electrons. The van der Waals surface area contributed by atoms with Crippen LogP contribution in [0.3, 0.4) is 0 Å². The Bertz CT molecular complexity index is 186. The molecule has 17 heavy (non-hydrogen) atoms. The molecule has 0 heterocycles. The summed E-state index contributed by atoms with van der Waals surface area (Å²) in [5, 5.41) is 7.18. The van der Waals surface area contributed by atoms with Crippen LogP contribution in [0.5, 0.6) is 0 Å². The van der Waals surface area contributed by atoms with Gasteiger partial charge in [0.2, 0.25) is 0 Å². The Kier molecular flexibility index (Phi) is 12.0. The zero-order valence-corrected chi connectivity index (χ0v) is 12.8. The number of halogens is 1. The number of unbranched alkanes of at least 4 members (excludes halogenated alkanes) is 9. The Morgan fingerprint density at radius 2 is 1.35 bits per heavy atom. The second-order valence-electron chi connectivity index (χ2n) is 4.65. The fourth-order valence-corrected chi connectivity index (χ4v) is 2.11. The standard InChI is InChI=1S/C13H28BrN3/c1-2-3-4-5-6-7-8-9-10-11-12-17(14)13(15)16/h2-12H2,1H3,(H3,15,16). The molecular weight excluding hydrogens is 278 g/mol. The summed E-state index contributed by atoms with van der Waals surface area (Å²) < 4.78 is 1.62. The van der Waals surface area contributed by atoms with Crippen molar-refractivity contribution in [2.24, 2.45) is 5.73 Å². The van der Waals surface area contributed by atoms with E-state index in [4.69, 9.17) is 11.1 Å². The van der Waals surface area contributed by atoms with Gasteiger partial charge in [-0.2, -0.15) is 0 Å². The number of hydrogen-bond donors (Lipinski definition) is 2. The zero-order valence-electron chi connectivity index (χ0n) is 11.2. The third kappa shape index (κ3) is 12.0. The smallest absolute Gasteiger partial charge is 0.198 e. The summed E-state index contributed by atoms with van der Waals surface area (Å²) in [6, 6.07) is 0. The summed E-state index contributed by atoms with van der Waals surface area (Å²) in [5.41, 5.74) is 5.32. The summed E-state index contributed by atoms with van der Waals surface area (Å²) in [7, 11) is 0. The summed E-state index contributed by atoms with van der Waals surface area (Å²) in [5.74, 6) is 0.0981. The Balaban J connectivity index is 3.06. The molecule has 0 spiro atoms. The number of nitrogens with zero attached hydrogens (tertiary/aromatic N) is 1. The monoisotopic (exact) mass is 305 g/mol. The highest BCUT2D eigenvalue weighted by atomic mass is 79.9. The third-order valence-electron chi connectivity index (χ3n) is 2.97. The Morgan fingerprint density at radius 1 is 0.941 bits per heavy atom. The molecule has 3 N–H and O–H groups in total. The van der Waals surface area contributed by atoms with Crippen molar-refractivity contribution in [3.8, 4) is 0 Å². The number of nitrogens with two attached hydrogens (primary N) is 1. The highest BCUT2D eigenvalue weighted by molar-refractivity contribution is 9.07. The van der Waals surface area contributed by atoms with Crippen LogP contribution in [-0.4, -0.2) is 16.4 Å². The fraction of sp³-hybridized carbons (Fsp3) is 0.923. The second-order valence-corrected chi connectivity index (χ2v) is 5.51. The normalized spacial score (nSPS) is 10.5. The van der Waals surface area contributed by atoms with Crippen LogP contribution < -0.4 is 5.73 Å². The third-order valence-corrected chi connectivity index (χ3v) is 3.71. The van der Waals surface area contributed by atoms with Crippen LogP contribution in [0, 0.1) is 5.41 Å². The largest absolute Gasteiger partial charge is 0.369 e. The first kappa shape index (κ1) is 16.8. The van der Waals surface area contributed by atoms with Gasteiger partial charge in [-0.1, -0.05) is 64.7 Å².